The second-order valence-corrected chi connectivity index (χ2v) is 7.87. The molecule has 2 saturated heterocycles. The summed E-state index contributed by atoms with van der Waals surface area (Å²) in [7, 11) is 2.16. The Morgan fingerprint density at radius 3 is 2.58 bits per heavy atom. The predicted molar refractivity (Wildman–Crippen MR) is 95.8 cm³/mol. The number of rotatable bonds is 2. The summed E-state index contributed by atoms with van der Waals surface area (Å²) < 4.78 is 0. The van der Waals surface area contributed by atoms with Gasteiger partial charge in [0.15, 0.2) is 0 Å². The average Bonchev–Trinajstić information content (AvgIpc) is 2.59. The Labute approximate surface area is 145 Å². The first-order chi connectivity index (χ1) is 11.7. The third-order valence-corrected chi connectivity index (χ3v) is 6.49. The lowest BCUT2D eigenvalue weighted by molar-refractivity contribution is -0.0801. The van der Waals surface area contributed by atoms with Crippen molar-refractivity contribution in [2.45, 2.75) is 50.1 Å². The third-order valence-electron chi connectivity index (χ3n) is 6.49. The number of amides is 2. The molecule has 2 aliphatic heterocycles. The van der Waals surface area contributed by atoms with Crippen LogP contribution in [-0.4, -0.2) is 48.6 Å². The van der Waals surface area contributed by atoms with Gasteiger partial charge in [0.25, 0.3) is 0 Å². The minimum Gasteiger partial charge on any atom is -0.335 e. The fourth-order valence-corrected chi connectivity index (χ4v) is 5.03. The molecule has 1 aromatic carbocycles. The summed E-state index contributed by atoms with van der Waals surface area (Å²) in [4.78, 5) is 17.5. The molecule has 0 spiro atoms. The maximum Gasteiger partial charge on any atom is 0.318 e. The van der Waals surface area contributed by atoms with Gasteiger partial charge in [0.1, 0.15) is 0 Å². The molecule has 0 bridgehead atoms. The SMILES string of the molecule is CN1CCC(NC(=O)N2C[C@H]3CCCC[C@]32c2ccccc2)CC1. The molecule has 0 unspecified atom stereocenters. The van der Waals surface area contributed by atoms with E-state index in [1.807, 2.05) is 0 Å². The standard InChI is InChI=1S/C20H29N3O/c1-22-13-10-18(11-14-22)21-19(24)23-15-17-9-5-6-12-20(17,23)16-7-3-2-4-8-16/h2-4,7-8,17-18H,5-6,9-15H2,1H3,(H,21,24)/t17-,20+/m1/s1. The van der Waals surface area contributed by atoms with E-state index in [0.717, 1.165) is 38.9 Å². The van der Waals surface area contributed by atoms with Crippen LogP contribution in [0.15, 0.2) is 30.3 Å². The molecule has 3 aliphatic rings. The summed E-state index contributed by atoms with van der Waals surface area (Å²) in [6, 6.07) is 11.2. The van der Waals surface area contributed by atoms with Crippen LogP contribution in [-0.2, 0) is 5.54 Å². The van der Waals surface area contributed by atoms with Crippen molar-refractivity contribution < 1.29 is 4.79 Å². The van der Waals surface area contributed by atoms with Crippen LogP contribution in [0.1, 0.15) is 44.1 Å². The Morgan fingerprint density at radius 2 is 1.88 bits per heavy atom. The van der Waals surface area contributed by atoms with Gasteiger partial charge in [0.2, 0.25) is 0 Å². The molecule has 0 radical (unpaired) electrons. The highest BCUT2D eigenvalue weighted by molar-refractivity contribution is 5.77. The van der Waals surface area contributed by atoms with E-state index in [9.17, 15) is 4.79 Å². The molecule has 2 atom stereocenters. The first kappa shape index (κ1) is 15.9. The molecule has 130 valence electrons. The van der Waals surface area contributed by atoms with Crippen molar-refractivity contribution in [3.8, 4) is 0 Å². The quantitative estimate of drug-likeness (QED) is 0.905. The van der Waals surface area contributed by atoms with Crippen molar-refractivity contribution in [2.24, 2.45) is 5.92 Å². The average molecular weight is 327 g/mol. The summed E-state index contributed by atoms with van der Waals surface area (Å²) in [6.45, 7) is 3.09. The van der Waals surface area contributed by atoms with Crippen molar-refractivity contribution >= 4 is 6.03 Å². The largest absolute Gasteiger partial charge is 0.335 e. The van der Waals surface area contributed by atoms with Crippen molar-refractivity contribution in [3.63, 3.8) is 0 Å². The molecule has 2 heterocycles. The van der Waals surface area contributed by atoms with E-state index in [1.54, 1.807) is 0 Å². The number of benzene rings is 1. The minimum absolute atomic E-state index is 0.0466. The van der Waals surface area contributed by atoms with Crippen LogP contribution < -0.4 is 5.32 Å². The van der Waals surface area contributed by atoms with Crippen LogP contribution in [0.5, 0.6) is 0 Å². The Hall–Kier alpha value is -1.55. The van der Waals surface area contributed by atoms with E-state index >= 15 is 0 Å². The Morgan fingerprint density at radius 1 is 1.12 bits per heavy atom. The Balaban J connectivity index is 1.51. The molecule has 4 heteroatoms. The first-order valence-electron chi connectivity index (χ1n) is 9.52. The molecular weight excluding hydrogens is 298 g/mol. The molecule has 2 amide bonds. The zero-order chi connectivity index (χ0) is 16.6. The normalized spacial score (nSPS) is 31.2. The van der Waals surface area contributed by atoms with Gasteiger partial charge in [0.05, 0.1) is 5.54 Å². The lowest BCUT2D eigenvalue weighted by Crippen LogP contribution is -2.70. The number of hydrogen-bond donors (Lipinski definition) is 1. The Bertz CT molecular complexity index is 582. The number of fused-ring (bicyclic) bond motifs is 1. The van der Waals surface area contributed by atoms with Crippen molar-refractivity contribution in [3.05, 3.63) is 35.9 Å². The molecular formula is C20H29N3O. The number of likely N-dealkylation sites (tertiary alicyclic amines) is 2. The number of urea groups is 1. The van der Waals surface area contributed by atoms with Gasteiger partial charge in [0, 0.05) is 18.5 Å². The van der Waals surface area contributed by atoms with E-state index in [0.29, 0.717) is 12.0 Å². The molecule has 1 aliphatic carbocycles. The molecule has 1 saturated carbocycles. The molecule has 24 heavy (non-hydrogen) atoms. The van der Waals surface area contributed by atoms with Gasteiger partial charge in [-0.15, -0.1) is 0 Å². The maximum atomic E-state index is 13.0. The van der Waals surface area contributed by atoms with Crippen molar-refractivity contribution in [1.82, 2.24) is 15.1 Å². The van der Waals surface area contributed by atoms with Gasteiger partial charge in [-0.2, -0.15) is 0 Å². The minimum atomic E-state index is -0.0466. The monoisotopic (exact) mass is 327 g/mol. The van der Waals surface area contributed by atoms with Crippen LogP contribution in [0, 0.1) is 5.92 Å². The molecule has 1 N–H and O–H groups in total. The van der Waals surface area contributed by atoms with Gasteiger partial charge in [-0.1, -0.05) is 43.2 Å². The molecule has 4 nitrogen and oxygen atoms in total. The highest BCUT2D eigenvalue weighted by Crippen LogP contribution is 2.53. The number of nitrogens with one attached hydrogen (secondary N) is 1. The number of carbonyl (C=O) groups excluding carboxylic acids is 1. The van der Waals surface area contributed by atoms with Crippen LogP contribution >= 0.6 is 0 Å². The van der Waals surface area contributed by atoms with Gasteiger partial charge in [-0.25, -0.2) is 4.79 Å². The summed E-state index contributed by atoms with van der Waals surface area (Å²) in [5, 5.41) is 3.33. The van der Waals surface area contributed by atoms with Crippen LogP contribution in [0.3, 0.4) is 0 Å². The smallest absolute Gasteiger partial charge is 0.318 e. The number of hydrogen-bond acceptors (Lipinski definition) is 2. The highest BCUT2D eigenvalue weighted by Gasteiger charge is 2.57. The zero-order valence-corrected chi connectivity index (χ0v) is 14.7. The fourth-order valence-electron chi connectivity index (χ4n) is 5.03. The zero-order valence-electron chi connectivity index (χ0n) is 14.7. The second kappa shape index (κ2) is 6.40. The fraction of sp³-hybridized carbons (Fsp3) is 0.650. The molecule has 0 aromatic heterocycles. The first-order valence-corrected chi connectivity index (χ1v) is 9.52. The maximum absolute atomic E-state index is 13.0. The van der Waals surface area contributed by atoms with E-state index in [1.165, 1.54) is 24.8 Å². The molecule has 3 fully saturated rings. The van der Waals surface area contributed by atoms with E-state index in [4.69, 9.17) is 0 Å². The molecule has 1 aromatic rings. The van der Waals surface area contributed by atoms with Crippen molar-refractivity contribution in [1.29, 1.82) is 0 Å². The lowest BCUT2D eigenvalue weighted by atomic mass is 9.62. The topological polar surface area (TPSA) is 35.6 Å². The van der Waals surface area contributed by atoms with E-state index in [-0.39, 0.29) is 11.6 Å². The van der Waals surface area contributed by atoms with Crippen molar-refractivity contribution in [2.75, 3.05) is 26.7 Å². The number of piperidine rings is 1. The van der Waals surface area contributed by atoms with Gasteiger partial charge < -0.3 is 15.1 Å². The van der Waals surface area contributed by atoms with Crippen LogP contribution in [0.4, 0.5) is 4.79 Å². The van der Waals surface area contributed by atoms with Crippen LogP contribution in [0.2, 0.25) is 0 Å². The predicted octanol–water partition coefficient (Wildman–Crippen LogP) is 3.19. The number of carbonyl (C=O) groups is 1. The summed E-state index contributed by atoms with van der Waals surface area (Å²) >= 11 is 0. The Kier molecular flexibility index (Phi) is 4.25. The second-order valence-electron chi connectivity index (χ2n) is 7.87. The third kappa shape index (κ3) is 2.61. The van der Waals surface area contributed by atoms with E-state index < -0.39 is 0 Å². The van der Waals surface area contributed by atoms with Crippen LogP contribution in [0.25, 0.3) is 0 Å². The highest BCUT2D eigenvalue weighted by atomic mass is 16.2. The summed E-state index contributed by atoms with van der Waals surface area (Å²) in [6.07, 6.45) is 7.04. The van der Waals surface area contributed by atoms with Gasteiger partial charge >= 0.3 is 6.03 Å². The number of nitrogens with zero attached hydrogens (tertiary/aromatic N) is 2. The summed E-state index contributed by atoms with van der Waals surface area (Å²) in [5.74, 6) is 0.636. The molecule has 4 rings (SSSR count). The summed E-state index contributed by atoms with van der Waals surface area (Å²) in [5.41, 5.74) is 1.29. The lowest BCUT2D eigenvalue weighted by Gasteiger charge is -2.61. The van der Waals surface area contributed by atoms with Gasteiger partial charge in [-0.05, 0) is 51.4 Å². The van der Waals surface area contributed by atoms with Gasteiger partial charge in [-0.3, -0.25) is 0 Å². The van der Waals surface area contributed by atoms with E-state index in [2.05, 4.69) is 52.5 Å².